The number of rotatable bonds is 3. The van der Waals surface area contributed by atoms with Crippen molar-refractivity contribution in [1.82, 2.24) is 10.6 Å². The molecule has 1 aliphatic rings. The normalized spacial score (nSPS) is 23.7. The van der Waals surface area contributed by atoms with Gasteiger partial charge in [0.15, 0.2) is 0 Å². The number of hydrogen-bond acceptors (Lipinski definition) is 2. The zero-order valence-electron chi connectivity index (χ0n) is 10.6. The van der Waals surface area contributed by atoms with Crippen LogP contribution in [0.4, 0.5) is 4.39 Å². The monoisotopic (exact) mass is 250 g/mol. The van der Waals surface area contributed by atoms with Crippen LogP contribution in [0.3, 0.4) is 0 Å². The van der Waals surface area contributed by atoms with Gasteiger partial charge in [-0.2, -0.15) is 0 Å². The molecule has 0 bridgehead atoms. The van der Waals surface area contributed by atoms with Gasteiger partial charge >= 0.3 is 0 Å². The van der Waals surface area contributed by atoms with Crippen LogP contribution in [0.25, 0.3) is 0 Å². The molecule has 0 aliphatic carbocycles. The molecule has 2 atom stereocenters. The summed E-state index contributed by atoms with van der Waals surface area (Å²) >= 11 is 0. The molecule has 1 amide bonds. The Bertz CT molecular complexity index is 397. The van der Waals surface area contributed by atoms with Gasteiger partial charge in [-0.3, -0.25) is 4.79 Å². The number of benzene rings is 1. The molecule has 0 aromatic heterocycles. The van der Waals surface area contributed by atoms with E-state index in [0.717, 1.165) is 19.4 Å². The third-order valence-corrected chi connectivity index (χ3v) is 3.42. The minimum atomic E-state index is -0.322. The van der Waals surface area contributed by atoms with Crippen LogP contribution >= 0.6 is 0 Å². The van der Waals surface area contributed by atoms with Gasteiger partial charge in [-0.1, -0.05) is 0 Å². The van der Waals surface area contributed by atoms with Crippen molar-refractivity contribution >= 4 is 5.91 Å². The van der Waals surface area contributed by atoms with Gasteiger partial charge in [0.05, 0.1) is 0 Å². The van der Waals surface area contributed by atoms with Crippen LogP contribution in [0, 0.1) is 11.7 Å². The van der Waals surface area contributed by atoms with E-state index < -0.39 is 0 Å². The summed E-state index contributed by atoms with van der Waals surface area (Å²) in [6.45, 7) is 3.80. The summed E-state index contributed by atoms with van der Waals surface area (Å²) in [4.78, 5) is 11.8. The van der Waals surface area contributed by atoms with Gasteiger partial charge in [0.25, 0.3) is 5.91 Å². The summed E-state index contributed by atoms with van der Waals surface area (Å²) < 4.78 is 12.7. The Labute approximate surface area is 107 Å². The molecule has 1 saturated heterocycles. The highest BCUT2D eigenvalue weighted by molar-refractivity contribution is 5.94. The minimum Gasteiger partial charge on any atom is -0.352 e. The van der Waals surface area contributed by atoms with E-state index in [4.69, 9.17) is 0 Å². The largest absolute Gasteiger partial charge is 0.352 e. The first-order valence-electron chi connectivity index (χ1n) is 6.42. The Kier molecular flexibility index (Phi) is 4.31. The van der Waals surface area contributed by atoms with Crippen LogP contribution in [-0.4, -0.2) is 25.0 Å². The first kappa shape index (κ1) is 13.0. The molecule has 2 N–H and O–H groups in total. The van der Waals surface area contributed by atoms with Crippen molar-refractivity contribution in [3.63, 3.8) is 0 Å². The van der Waals surface area contributed by atoms with Crippen molar-refractivity contribution in [2.45, 2.75) is 25.8 Å². The lowest BCUT2D eigenvalue weighted by Crippen LogP contribution is -2.41. The lowest BCUT2D eigenvalue weighted by molar-refractivity contribution is 0.0944. The van der Waals surface area contributed by atoms with Crippen molar-refractivity contribution in [3.05, 3.63) is 35.6 Å². The summed E-state index contributed by atoms with van der Waals surface area (Å²) in [5.41, 5.74) is 0.508. The fourth-order valence-electron chi connectivity index (χ4n) is 2.17. The maximum Gasteiger partial charge on any atom is 0.251 e. The number of hydrogen-bond donors (Lipinski definition) is 2. The summed E-state index contributed by atoms with van der Waals surface area (Å²) in [5, 5.41) is 6.30. The Morgan fingerprint density at radius 3 is 2.72 bits per heavy atom. The molecule has 18 heavy (non-hydrogen) atoms. The molecule has 1 fully saturated rings. The maximum atomic E-state index is 12.7. The van der Waals surface area contributed by atoms with E-state index in [1.54, 1.807) is 0 Å². The summed E-state index contributed by atoms with van der Waals surface area (Å²) in [6.07, 6.45) is 2.29. The quantitative estimate of drug-likeness (QED) is 0.861. The highest BCUT2D eigenvalue weighted by atomic mass is 19.1. The molecular weight excluding hydrogens is 231 g/mol. The van der Waals surface area contributed by atoms with E-state index in [1.165, 1.54) is 24.3 Å². The van der Waals surface area contributed by atoms with Gasteiger partial charge in [0.2, 0.25) is 0 Å². The lowest BCUT2D eigenvalue weighted by Gasteiger charge is -2.27. The standard InChI is InChI=1S/C14H19FN2O/c1-10-2-3-11(8-16-10)9-17-14(18)12-4-6-13(15)7-5-12/h4-7,10-11,16H,2-3,8-9H2,1H3,(H,17,18). The predicted octanol–water partition coefficient (Wildman–Crippen LogP) is 1.94. The van der Waals surface area contributed by atoms with Gasteiger partial charge in [-0.15, -0.1) is 0 Å². The van der Waals surface area contributed by atoms with E-state index in [9.17, 15) is 9.18 Å². The number of halogens is 1. The first-order valence-corrected chi connectivity index (χ1v) is 6.42. The highest BCUT2D eigenvalue weighted by Crippen LogP contribution is 2.13. The Morgan fingerprint density at radius 1 is 1.39 bits per heavy atom. The zero-order chi connectivity index (χ0) is 13.0. The van der Waals surface area contributed by atoms with Crippen molar-refractivity contribution in [3.8, 4) is 0 Å². The second-order valence-electron chi connectivity index (χ2n) is 4.97. The predicted molar refractivity (Wildman–Crippen MR) is 68.9 cm³/mol. The molecule has 3 nitrogen and oxygen atoms in total. The van der Waals surface area contributed by atoms with Crippen molar-refractivity contribution in [2.24, 2.45) is 5.92 Å². The lowest BCUT2D eigenvalue weighted by atomic mass is 9.95. The van der Waals surface area contributed by atoms with Crippen LogP contribution in [0.5, 0.6) is 0 Å². The van der Waals surface area contributed by atoms with Crippen LogP contribution in [0.2, 0.25) is 0 Å². The van der Waals surface area contributed by atoms with Gasteiger partial charge in [-0.25, -0.2) is 4.39 Å². The van der Waals surface area contributed by atoms with Crippen molar-refractivity contribution in [2.75, 3.05) is 13.1 Å². The molecule has 1 aromatic carbocycles. The van der Waals surface area contributed by atoms with E-state index in [-0.39, 0.29) is 11.7 Å². The highest BCUT2D eigenvalue weighted by Gasteiger charge is 2.18. The first-order chi connectivity index (χ1) is 8.65. The average molecular weight is 250 g/mol. The molecule has 98 valence electrons. The van der Waals surface area contributed by atoms with Crippen LogP contribution in [0.1, 0.15) is 30.1 Å². The Morgan fingerprint density at radius 2 is 2.11 bits per heavy atom. The Balaban J connectivity index is 1.79. The van der Waals surface area contributed by atoms with Gasteiger partial charge in [0.1, 0.15) is 5.82 Å². The van der Waals surface area contributed by atoms with Crippen LogP contribution < -0.4 is 10.6 Å². The smallest absolute Gasteiger partial charge is 0.251 e. The molecule has 0 saturated carbocycles. The molecule has 0 spiro atoms. The minimum absolute atomic E-state index is 0.131. The second kappa shape index (κ2) is 5.96. The molecule has 2 rings (SSSR count). The number of carbonyl (C=O) groups excluding carboxylic acids is 1. The Hall–Kier alpha value is -1.42. The summed E-state index contributed by atoms with van der Waals surface area (Å²) in [5.74, 6) is 0.0382. The second-order valence-corrected chi connectivity index (χ2v) is 4.97. The van der Waals surface area contributed by atoms with Gasteiger partial charge in [-0.05, 0) is 56.5 Å². The number of carbonyl (C=O) groups is 1. The molecule has 2 unspecified atom stereocenters. The van der Waals surface area contributed by atoms with Crippen molar-refractivity contribution in [1.29, 1.82) is 0 Å². The van der Waals surface area contributed by atoms with E-state index in [0.29, 0.717) is 24.1 Å². The van der Waals surface area contributed by atoms with Crippen LogP contribution in [0.15, 0.2) is 24.3 Å². The van der Waals surface area contributed by atoms with E-state index in [2.05, 4.69) is 17.6 Å². The van der Waals surface area contributed by atoms with Crippen LogP contribution in [-0.2, 0) is 0 Å². The summed E-state index contributed by atoms with van der Waals surface area (Å²) in [6, 6.07) is 6.20. The van der Waals surface area contributed by atoms with Crippen molar-refractivity contribution < 1.29 is 9.18 Å². The van der Waals surface area contributed by atoms with E-state index >= 15 is 0 Å². The molecular formula is C14H19FN2O. The zero-order valence-corrected chi connectivity index (χ0v) is 10.6. The fourth-order valence-corrected chi connectivity index (χ4v) is 2.17. The molecule has 4 heteroatoms. The third-order valence-electron chi connectivity index (χ3n) is 3.42. The fraction of sp³-hybridized carbons (Fsp3) is 0.500. The average Bonchev–Trinajstić information content (AvgIpc) is 2.38. The SMILES string of the molecule is CC1CCC(CNC(=O)c2ccc(F)cc2)CN1. The number of nitrogens with one attached hydrogen (secondary N) is 2. The summed E-state index contributed by atoms with van der Waals surface area (Å²) in [7, 11) is 0. The number of piperidine rings is 1. The van der Waals surface area contributed by atoms with Gasteiger partial charge < -0.3 is 10.6 Å². The maximum absolute atomic E-state index is 12.7. The third kappa shape index (κ3) is 3.53. The van der Waals surface area contributed by atoms with Gasteiger partial charge in [0, 0.05) is 18.2 Å². The topological polar surface area (TPSA) is 41.1 Å². The van der Waals surface area contributed by atoms with E-state index in [1.807, 2.05) is 0 Å². The molecule has 1 aromatic rings. The molecule has 0 radical (unpaired) electrons. The molecule has 1 heterocycles. The number of amides is 1. The molecule has 1 aliphatic heterocycles.